The number of aromatic amines is 1. The largest absolute Gasteiger partial charge is 0.459 e. The molecule has 0 spiro atoms. The predicted molar refractivity (Wildman–Crippen MR) is 123 cm³/mol. The summed E-state index contributed by atoms with van der Waals surface area (Å²) in [4.78, 5) is 33.8. The molecule has 2 aliphatic heterocycles. The zero-order valence-electron chi connectivity index (χ0n) is 19.0. The number of nitrogens with one attached hydrogen (secondary N) is 1. The second kappa shape index (κ2) is 8.40. The van der Waals surface area contributed by atoms with Crippen LogP contribution in [0, 0.1) is 0 Å². The Kier molecular flexibility index (Phi) is 5.82. The number of aromatic nitrogens is 1. The van der Waals surface area contributed by atoms with Crippen LogP contribution in [0.25, 0.3) is 16.5 Å². The summed E-state index contributed by atoms with van der Waals surface area (Å²) in [6, 6.07) is 8.05. The number of hydrogen-bond donors (Lipinski definition) is 1. The number of esters is 1. The minimum atomic E-state index is -0.408. The number of fused-ring (bicyclic) bond motifs is 3. The molecule has 0 aliphatic carbocycles. The van der Waals surface area contributed by atoms with Crippen LogP contribution in [0.3, 0.4) is 0 Å². The van der Waals surface area contributed by atoms with Gasteiger partial charge in [-0.15, -0.1) is 0 Å². The highest BCUT2D eigenvalue weighted by Crippen LogP contribution is 2.40. The number of para-hydroxylation sites is 1. The minimum Gasteiger partial charge on any atom is -0.459 e. The van der Waals surface area contributed by atoms with Gasteiger partial charge in [0.2, 0.25) is 0 Å². The molecule has 166 valence electrons. The van der Waals surface area contributed by atoms with Crippen LogP contribution in [0.5, 0.6) is 0 Å². The average molecular weight is 424 g/mol. The van der Waals surface area contributed by atoms with E-state index in [1.54, 1.807) is 11.1 Å². The van der Waals surface area contributed by atoms with E-state index in [0.29, 0.717) is 12.1 Å². The first-order chi connectivity index (χ1) is 14.8. The topological polar surface area (TPSA) is 65.6 Å². The zero-order chi connectivity index (χ0) is 22.2. The van der Waals surface area contributed by atoms with Crippen LogP contribution < -0.4 is 0 Å². The van der Waals surface area contributed by atoms with Gasteiger partial charge < -0.3 is 14.6 Å². The molecule has 6 nitrogen and oxygen atoms in total. The Morgan fingerprint density at radius 2 is 1.74 bits per heavy atom. The Bertz CT molecular complexity index is 1010. The van der Waals surface area contributed by atoms with E-state index in [4.69, 9.17) is 4.74 Å². The fraction of sp³-hybridized carbons (Fsp3) is 0.520. The number of nitrogens with zero attached hydrogens (tertiary/aromatic N) is 2. The first-order valence-corrected chi connectivity index (χ1v) is 11.4. The van der Waals surface area contributed by atoms with E-state index >= 15 is 0 Å². The number of urea groups is 1. The molecule has 31 heavy (non-hydrogen) atoms. The van der Waals surface area contributed by atoms with Gasteiger partial charge in [-0.2, -0.15) is 0 Å². The van der Waals surface area contributed by atoms with Gasteiger partial charge in [0.25, 0.3) is 0 Å². The monoisotopic (exact) mass is 423 g/mol. The molecule has 0 saturated carbocycles. The molecule has 0 atom stereocenters. The third-order valence-corrected chi connectivity index (χ3v) is 6.19. The Balaban J connectivity index is 1.82. The Hall–Kier alpha value is -2.76. The SMILES string of the molecule is CC(C)OC(=O)C1=CN(C(=O)N2CCCCCC2)CC(C)(C)c2c1[nH]c1ccccc21. The summed E-state index contributed by atoms with van der Waals surface area (Å²) < 4.78 is 5.58. The quantitative estimate of drug-likeness (QED) is 0.688. The van der Waals surface area contributed by atoms with Crippen LogP contribution >= 0.6 is 0 Å². The van der Waals surface area contributed by atoms with E-state index < -0.39 is 5.97 Å². The summed E-state index contributed by atoms with van der Waals surface area (Å²) in [6.45, 7) is 9.98. The lowest BCUT2D eigenvalue weighted by molar-refractivity contribution is -0.140. The molecule has 0 unspecified atom stereocenters. The smallest absolute Gasteiger partial charge is 0.342 e. The number of amides is 2. The highest BCUT2D eigenvalue weighted by Gasteiger charge is 2.38. The minimum absolute atomic E-state index is 0.0284. The van der Waals surface area contributed by atoms with Crippen molar-refractivity contribution in [1.82, 2.24) is 14.8 Å². The first-order valence-electron chi connectivity index (χ1n) is 11.4. The van der Waals surface area contributed by atoms with Crippen LogP contribution in [-0.4, -0.2) is 52.5 Å². The Morgan fingerprint density at radius 3 is 2.42 bits per heavy atom. The average Bonchev–Trinajstić information content (AvgIpc) is 2.84. The second-order valence-corrected chi connectivity index (χ2v) is 9.61. The molecule has 2 aliphatic rings. The predicted octanol–water partition coefficient (Wildman–Crippen LogP) is 5.05. The van der Waals surface area contributed by atoms with Crippen molar-refractivity contribution in [3.8, 4) is 0 Å². The fourth-order valence-corrected chi connectivity index (χ4v) is 4.82. The van der Waals surface area contributed by atoms with E-state index in [1.807, 2.05) is 36.9 Å². The van der Waals surface area contributed by atoms with Crippen molar-refractivity contribution < 1.29 is 14.3 Å². The number of ether oxygens (including phenoxy) is 1. The second-order valence-electron chi connectivity index (χ2n) is 9.61. The maximum atomic E-state index is 13.5. The van der Waals surface area contributed by atoms with E-state index in [9.17, 15) is 9.59 Å². The molecule has 3 heterocycles. The molecule has 4 rings (SSSR count). The van der Waals surface area contributed by atoms with Crippen molar-refractivity contribution in [1.29, 1.82) is 0 Å². The Morgan fingerprint density at radius 1 is 1.06 bits per heavy atom. The number of benzene rings is 1. The maximum absolute atomic E-state index is 13.5. The van der Waals surface area contributed by atoms with Crippen molar-refractivity contribution in [2.45, 2.75) is 64.9 Å². The van der Waals surface area contributed by atoms with Gasteiger partial charge in [-0.25, -0.2) is 9.59 Å². The van der Waals surface area contributed by atoms with E-state index in [2.05, 4.69) is 24.9 Å². The highest BCUT2D eigenvalue weighted by atomic mass is 16.5. The molecule has 1 saturated heterocycles. The summed E-state index contributed by atoms with van der Waals surface area (Å²) in [5.41, 5.74) is 2.85. The van der Waals surface area contributed by atoms with Gasteiger partial charge in [0.15, 0.2) is 0 Å². The summed E-state index contributed by atoms with van der Waals surface area (Å²) in [6.07, 6.45) is 5.84. The van der Waals surface area contributed by atoms with Crippen molar-refractivity contribution in [3.63, 3.8) is 0 Å². The summed E-state index contributed by atoms with van der Waals surface area (Å²) in [7, 11) is 0. The number of likely N-dealkylation sites (tertiary alicyclic amines) is 1. The van der Waals surface area contributed by atoms with Gasteiger partial charge >= 0.3 is 12.0 Å². The molecule has 1 aromatic carbocycles. The number of carbonyl (C=O) groups is 2. The molecular weight excluding hydrogens is 390 g/mol. The maximum Gasteiger partial charge on any atom is 0.342 e. The molecule has 2 amide bonds. The molecule has 0 bridgehead atoms. The van der Waals surface area contributed by atoms with Gasteiger partial charge in [-0.1, -0.05) is 44.9 Å². The molecule has 1 aromatic heterocycles. The number of rotatable bonds is 2. The van der Waals surface area contributed by atoms with Crippen molar-refractivity contribution in [2.24, 2.45) is 0 Å². The number of carbonyl (C=O) groups excluding carboxylic acids is 2. The molecule has 6 heteroatoms. The lowest BCUT2D eigenvalue weighted by Crippen LogP contribution is -2.45. The van der Waals surface area contributed by atoms with Crippen LogP contribution in [-0.2, 0) is 14.9 Å². The highest BCUT2D eigenvalue weighted by molar-refractivity contribution is 6.18. The molecule has 1 fully saturated rings. The standard InChI is InChI=1S/C25H33N3O3/c1-17(2)31-23(29)19-15-28(24(30)27-13-9-5-6-10-14-27)16-25(3,4)21-18-11-7-8-12-20(18)26-22(19)21/h7-8,11-12,15,17,26H,5-6,9-10,13-14,16H2,1-4H3. The van der Waals surface area contributed by atoms with Gasteiger partial charge in [-0.3, -0.25) is 4.90 Å². The molecule has 2 aromatic rings. The lowest BCUT2D eigenvalue weighted by atomic mass is 9.82. The molecule has 1 N–H and O–H groups in total. The molecular formula is C25H33N3O3. The normalized spacial score (nSPS) is 18.9. The zero-order valence-corrected chi connectivity index (χ0v) is 19.0. The van der Waals surface area contributed by atoms with Gasteiger partial charge in [0.1, 0.15) is 0 Å². The number of H-pyrrole nitrogens is 1. The summed E-state index contributed by atoms with van der Waals surface area (Å²) >= 11 is 0. The number of hydrogen-bond acceptors (Lipinski definition) is 3. The Labute approximate surface area is 184 Å². The third-order valence-electron chi connectivity index (χ3n) is 6.19. The van der Waals surface area contributed by atoms with Gasteiger partial charge in [0.05, 0.1) is 17.4 Å². The van der Waals surface area contributed by atoms with Crippen molar-refractivity contribution >= 4 is 28.5 Å². The van der Waals surface area contributed by atoms with E-state index in [0.717, 1.165) is 60.9 Å². The summed E-state index contributed by atoms with van der Waals surface area (Å²) in [5.74, 6) is -0.408. The van der Waals surface area contributed by atoms with Crippen molar-refractivity contribution in [3.05, 3.63) is 41.7 Å². The third kappa shape index (κ3) is 4.21. The fourth-order valence-electron chi connectivity index (χ4n) is 4.82. The van der Waals surface area contributed by atoms with Gasteiger partial charge in [0, 0.05) is 42.2 Å². The van der Waals surface area contributed by atoms with Crippen LogP contribution in [0.1, 0.15) is 64.6 Å². The van der Waals surface area contributed by atoms with E-state index in [1.165, 1.54) is 0 Å². The van der Waals surface area contributed by atoms with Crippen LogP contribution in [0.15, 0.2) is 30.5 Å². The summed E-state index contributed by atoms with van der Waals surface area (Å²) in [5, 5.41) is 1.08. The first kappa shape index (κ1) is 21.5. The van der Waals surface area contributed by atoms with E-state index in [-0.39, 0.29) is 17.6 Å². The van der Waals surface area contributed by atoms with Crippen LogP contribution in [0.4, 0.5) is 4.79 Å². The van der Waals surface area contributed by atoms with Crippen molar-refractivity contribution in [2.75, 3.05) is 19.6 Å². The molecule has 0 radical (unpaired) electrons. The van der Waals surface area contributed by atoms with Crippen LogP contribution in [0.2, 0.25) is 0 Å². The lowest BCUT2D eigenvalue weighted by Gasteiger charge is -2.33. The van der Waals surface area contributed by atoms with Gasteiger partial charge in [-0.05, 0) is 38.3 Å².